The van der Waals surface area contributed by atoms with Crippen LogP contribution in [0.3, 0.4) is 0 Å². The number of halogens is 1. The fourth-order valence-corrected chi connectivity index (χ4v) is 2.36. The van der Waals surface area contributed by atoms with Crippen LogP contribution in [0.25, 0.3) is 0 Å². The Balaban J connectivity index is 2.18. The van der Waals surface area contributed by atoms with E-state index in [0.29, 0.717) is 30.5 Å². The summed E-state index contributed by atoms with van der Waals surface area (Å²) in [6.07, 6.45) is 2.83. The Labute approximate surface area is 106 Å². The molecule has 98 valence electrons. The van der Waals surface area contributed by atoms with E-state index in [0.717, 1.165) is 19.4 Å². The highest BCUT2D eigenvalue weighted by atomic mass is 19.1. The summed E-state index contributed by atoms with van der Waals surface area (Å²) in [6.45, 7) is 3.18. The zero-order valence-electron chi connectivity index (χ0n) is 10.5. The van der Waals surface area contributed by atoms with E-state index in [1.54, 1.807) is 12.1 Å². The van der Waals surface area contributed by atoms with Crippen molar-refractivity contribution in [2.24, 2.45) is 0 Å². The maximum atomic E-state index is 13.9. The molecule has 0 aromatic heterocycles. The number of nitrogens with zero attached hydrogens (tertiary/aromatic N) is 1. The monoisotopic (exact) mass is 251 g/mol. The van der Waals surface area contributed by atoms with Crippen LogP contribution in [0.15, 0.2) is 18.2 Å². The van der Waals surface area contributed by atoms with E-state index in [2.05, 4.69) is 0 Å². The van der Waals surface area contributed by atoms with Crippen LogP contribution in [-0.2, 0) is 0 Å². The summed E-state index contributed by atoms with van der Waals surface area (Å²) >= 11 is 0. The van der Waals surface area contributed by atoms with Crippen LogP contribution in [0.4, 0.5) is 10.1 Å². The maximum Gasteiger partial charge on any atom is 0.150 e. The highest BCUT2D eigenvalue weighted by Crippen LogP contribution is 2.27. The Hall–Kier alpha value is -1.42. The number of hydrogen-bond donors (Lipinski definition) is 1. The molecular formula is C14H18FNO2. The first kappa shape index (κ1) is 13.0. The van der Waals surface area contributed by atoms with Gasteiger partial charge in [0.15, 0.2) is 0 Å². The smallest absolute Gasteiger partial charge is 0.150 e. The number of aldehydes is 1. The van der Waals surface area contributed by atoms with E-state index in [1.807, 2.05) is 11.8 Å². The lowest BCUT2D eigenvalue weighted by molar-refractivity contribution is 0.0481. The second-order valence-electron chi connectivity index (χ2n) is 5.17. The topological polar surface area (TPSA) is 40.5 Å². The zero-order chi connectivity index (χ0) is 13.2. The van der Waals surface area contributed by atoms with Gasteiger partial charge in [-0.3, -0.25) is 4.79 Å². The third-order valence-electron chi connectivity index (χ3n) is 3.51. The van der Waals surface area contributed by atoms with Gasteiger partial charge in [-0.15, -0.1) is 0 Å². The van der Waals surface area contributed by atoms with E-state index in [-0.39, 0.29) is 5.82 Å². The summed E-state index contributed by atoms with van der Waals surface area (Å²) in [6, 6.07) is 4.51. The molecular weight excluding hydrogens is 233 g/mol. The molecule has 0 bridgehead atoms. The maximum absolute atomic E-state index is 13.9. The number of anilines is 1. The van der Waals surface area contributed by atoms with Gasteiger partial charge in [0.1, 0.15) is 12.1 Å². The molecule has 1 aromatic rings. The normalized spacial score (nSPS) is 24.7. The van der Waals surface area contributed by atoms with Crippen molar-refractivity contribution in [2.45, 2.75) is 31.8 Å². The highest BCUT2D eigenvalue weighted by molar-refractivity contribution is 5.76. The van der Waals surface area contributed by atoms with Crippen molar-refractivity contribution in [2.75, 3.05) is 18.0 Å². The van der Waals surface area contributed by atoms with E-state index in [1.165, 1.54) is 6.07 Å². The molecule has 0 aliphatic carbocycles. The van der Waals surface area contributed by atoms with Crippen molar-refractivity contribution in [1.82, 2.24) is 0 Å². The summed E-state index contributed by atoms with van der Waals surface area (Å²) in [7, 11) is 0. The van der Waals surface area contributed by atoms with E-state index in [9.17, 15) is 14.3 Å². The number of carbonyl (C=O) groups excluding carboxylic acids is 1. The predicted octanol–water partition coefficient (Wildman–Crippen LogP) is 2.38. The quantitative estimate of drug-likeness (QED) is 0.820. The first-order valence-corrected chi connectivity index (χ1v) is 6.24. The van der Waals surface area contributed by atoms with Gasteiger partial charge in [-0.1, -0.05) is 0 Å². The second kappa shape index (κ2) is 5.06. The molecule has 0 amide bonds. The minimum atomic E-state index is -0.659. The molecule has 1 atom stereocenters. The minimum absolute atomic E-state index is 0.345. The van der Waals surface area contributed by atoms with Crippen LogP contribution in [-0.4, -0.2) is 30.1 Å². The lowest BCUT2D eigenvalue weighted by Gasteiger charge is -2.24. The molecule has 1 saturated heterocycles. The number of carbonyl (C=O) groups is 1. The minimum Gasteiger partial charge on any atom is -0.390 e. The predicted molar refractivity (Wildman–Crippen MR) is 68.5 cm³/mol. The fraction of sp³-hybridized carbons (Fsp3) is 0.500. The lowest BCUT2D eigenvalue weighted by Crippen LogP contribution is -2.28. The SMILES string of the molecule is CC1(O)CCCN(c2ccc(C=O)cc2F)CC1. The standard InChI is InChI=1S/C14H18FNO2/c1-14(18)5-2-7-16(8-6-14)13-4-3-11(10-17)9-12(13)15/h3-4,9-10,18H,2,5-8H2,1H3. The van der Waals surface area contributed by atoms with E-state index >= 15 is 0 Å². The van der Waals surface area contributed by atoms with Gasteiger partial charge in [-0.05, 0) is 44.4 Å². The molecule has 0 saturated carbocycles. The van der Waals surface area contributed by atoms with Crippen molar-refractivity contribution < 1.29 is 14.3 Å². The van der Waals surface area contributed by atoms with Crippen LogP contribution in [0.2, 0.25) is 0 Å². The zero-order valence-corrected chi connectivity index (χ0v) is 10.5. The molecule has 4 heteroatoms. The summed E-state index contributed by atoms with van der Waals surface area (Å²) in [4.78, 5) is 12.5. The van der Waals surface area contributed by atoms with E-state index < -0.39 is 5.60 Å². The van der Waals surface area contributed by atoms with Gasteiger partial charge in [-0.25, -0.2) is 4.39 Å². The van der Waals surface area contributed by atoms with Gasteiger partial charge in [0.05, 0.1) is 11.3 Å². The molecule has 0 spiro atoms. The number of benzene rings is 1. The molecule has 1 heterocycles. The third-order valence-corrected chi connectivity index (χ3v) is 3.51. The van der Waals surface area contributed by atoms with Crippen LogP contribution >= 0.6 is 0 Å². The van der Waals surface area contributed by atoms with Crippen LogP contribution in [0, 0.1) is 5.82 Å². The van der Waals surface area contributed by atoms with Gasteiger partial charge in [0.25, 0.3) is 0 Å². The number of aliphatic hydroxyl groups is 1. The Kier molecular flexibility index (Phi) is 3.66. The summed E-state index contributed by atoms with van der Waals surface area (Å²) in [5, 5.41) is 10.0. The molecule has 1 aromatic carbocycles. The second-order valence-corrected chi connectivity index (χ2v) is 5.17. The average Bonchev–Trinajstić information content (AvgIpc) is 2.50. The van der Waals surface area contributed by atoms with Crippen molar-refractivity contribution >= 4 is 12.0 Å². The van der Waals surface area contributed by atoms with Crippen LogP contribution in [0.1, 0.15) is 36.5 Å². The van der Waals surface area contributed by atoms with Crippen molar-refractivity contribution in [3.05, 3.63) is 29.6 Å². The molecule has 18 heavy (non-hydrogen) atoms. The molecule has 1 aliphatic heterocycles. The number of rotatable bonds is 2. The summed E-state index contributed by atoms with van der Waals surface area (Å²) in [5.41, 5.74) is 0.199. The third kappa shape index (κ3) is 2.88. The van der Waals surface area contributed by atoms with Gasteiger partial charge >= 0.3 is 0 Å². The summed E-state index contributed by atoms with van der Waals surface area (Å²) in [5.74, 6) is -0.374. The Morgan fingerprint density at radius 2 is 2.17 bits per heavy atom. The van der Waals surface area contributed by atoms with Crippen molar-refractivity contribution in [3.63, 3.8) is 0 Å². The van der Waals surface area contributed by atoms with E-state index in [4.69, 9.17) is 0 Å². The molecule has 3 nitrogen and oxygen atoms in total. The molecule has 2 rings (SSSR count). The van der Waals surface area contributed by atoms with Crippen LogP contribution in [0.5, 0.6) is 0 Å². The Bertz CT molecular complexity index is 445. The van der Waals surface area contributed by atoms with Gasteiger partial charge in [-0.2, -0.15) is 0 Å². The highest BCUT2D eigenvalue weighted by Gasteiger charge is 2.25. The fourth-order valence-electron chi connectivity index (χ4n) is 2.36. The average molecular weight is 251 g/mol. The molecule has 1 unspecified atom stereocenters. The largest absolute Gasteiger partial charge is 0.390 e. The first-order chi connectivity index (χ1) is 8.52. The lowest BCUT2D eigenvalue weighted by atomic mass is 9.98. The van der Waals surface area contributed by atoms with Gasteiger partial charge in [0.2, 0.25) is 0 Å². The Morgan fingerprint density at radius 1 is 1.39 bits per heavy atom. The van der Waals surface area contributed by atoms with Gasteiger partial charge < -0.3 is 10.0 Å². The first-order valence-electron chi connectivity index (χ1n) is 6.24. The van der Waals surface area contributed by atoms with Crippen LogP contribution < -0.4 is 4.90 Å². The van der Waals surface area contributed by atoms with Gasteiger partial charge in [0, 0.05) is 18.7 Å². The summed E-state index contributed by atoms with van der Waals surface area (Å²) < 4.78 is 13.9. The molecule has 1 fully saturated rings. The Morgan fingerprint density at radius 3 is 2.83 bits per heavy atom. The van der Waals surface area contributed by atoms with Crippen molar-refractivity contribution in [3.8, 4) is 0 Å². The molecule has 1 aliphatic rings. The molecule has 0 radical (unpaired) electrons. The molecule has 1 N–H and O–H groups in total. The number of hydrogen-bond acceptors (Lipinski definition) is 3. The van der Waals surface area contributed by atoms with Crippen molar-refractivity contribution in [1.29, 1.82) is 0 Å².